The van der Waals surface area contributed by atoms with Gasteiger partial charge < -0.3 is 24.6 Å². The van der Waals surface area contributed by atoms with Gasteiger partial charge in [-0.2, -0.15) is 9.51 Å². The molecule has 0 bridgehead atoms. The number of esters is 1. The van der Waals surface area contributed by atoms with E-state index in [1.165, 1.54) is 29.0 Å². The Morgan fingerprint density at radius 2 is 1.94 bits per heavy atom. The summed E-state index contributed by atoms with van der Waals surface area (Å²) in [7, 11) is -3.69. The van der Waals surface area contributed by atoms with Gasteiger partial charge in [0.1, 0.15) is 24.1 Å². The van der Waals surface area contributed by atoms with E-state index in [4.69, 9.17) is 24.3 Å². The molecule has 0 saturated carbocycles. The first-order valence-electron chi connectivity index (χ1n) is 10.6. The van der Waals surface area contributed by atoms with Crippen molar-refractivity contribution in [3.05, 3.63) is 88.5 Å². The van der Waals surface area contributed by atoms with Gasteiger partial charge in [-0.15, -0.1) is 0 Å². The molecule has 178 valence electrons. The molecular weight excluding hydrogens is 461 g/mol. The highest BCUT2D eigenvalue weighted by atomic mass is 31.2. The normalized spacial score (nSPS) is 20.0. The minimum absolute atomic E-state index is 0.0716. The Morgan fingerprint density at radius 1 is 1.18 bits per heavy atom. The largest absolute Gasteiger partial charge is 0.622 e. The van der Waals surface area contributed by atoms with Crippen LogP contribution in [0.4, 0.5) is 5.82 Å². The Balaban J connectivity index is 1.33. The molecule has 2 heterocycles. The third kappa shape index (κ3) is 6.18. The Morgan fingerprint density at radius 3 is 2.68 bits per heavy atom. The van der Waals surface area contributed by atoms with Crippen molar-refractivity contribution in [2.45, 2.75) is 19.1 Å². The molecule has 1 fully saturated rings. The van der Waals surface area contributed by atoms with Crippen molar-refractivity contribution in [1.82, 2.24) is 9.55 Å². The number of benzene rings is 2. The minimum Gasteiger partial charge on any atom is -0.622 e. The molecule has 2 aromatic carbocycles. The van der Waals surface area contributed by atoms with Gasteiger partial charge >= 0.3 is 19.6 Å². The quantitative estimate of drug-likeness (QED) is 0.374. The van der Waals surface area contributed by atoms with Gasteiger partial charge in [-0.1, -0.05) is 42.5 Å². The molecule has 0 spiro atoms. The second kappa shape index (κ2) is 10.8. The zero-order valence-electron chi connectivity index (χ0n) is 18.2. The summed E-state index contributed by atoms with van der Waals surface area (Å²) >= 11 is 0. The van der Waals surface area contributed by atoms with Crippen LogP contribution < -0.4 is 20.8 Å². The van der Waals surface area contributed by atoms with Gasteiger partial charge in [0.25, 0.3) is 0 Å². The standard InChI is InChI=1S/C23H24N3O7P/c24-21-10-12-26(23(28)25-21)14-18-15-32-34(29,16-31-18)33-20-9-5-4-8-19(20)22(27)30-13-11-17-6-2-1-3-7-17/h1-10,12,18H,11,13-16H2,(H2,24,25,28). The van der Waals surface area contributed by atoms with E-state index in [1.54, 1.807) is 12.1 Å². The molecule has 1 aliphatic heterocycles. The number of aromatic nitrogens is 2. The lowest BCUT2D eigenvalue weighted by Crippen LogP contribution is -2.39. The maximum Gasteiger partial charge on any atom is 0.349 e. The number of hydrogen-bond acceptors (Lipinski definition) is 9. The van der Waals surface area contributed by atoms with Crippen LogP contribution in [-0.2, 0) is 27.0 Å². The van der Waals surface area contributed by atoms with Crippen molar-refractivity contribution in [3.63, 3.8) is 0 Å². The summed E-state index contributed by atoms with van der Waals surface area (Å²) in [4.78, 5) is 41.2. The molecule has 4 rings (SSSR count). The molecule has 1 aliphatic rings. The van der Waals surface area contributed by atoms with E-state index in [2.05, 4.69) is 4.98 Å². The van der Waals surface area contributed by atoms with E-state index in [1.807, 2.05) is 30.3 Å². The van der Waals surface area contributed by atoms with E-state index in [0.29, 0.717) is 6.42 Å². The van der Waals surface area contributed by atoms with Crippen LogP contribution in [0.3, 0.4) is 0 Å². The van der Waals surface area contributed by atoms with Crippen LogP contribution in [0.25, 0.3) is 0 Å². The van der Waals surface area contributed by atoms with Gasteiger partial charge in [-0.25, -0.2) is 9.59 Å². The predicted octanol–water partition coefficient (Wildman–Crippen LogP) is 1.80. The number of para-hydroxylation sites is 1. The third-order valence-corrected chi connectivity index (χ3v) is 6.52. The predicted molar refractivity (Wildman–Crippen MR) is 123 cm³/mol. The first kappa shape index (κ1) is 23.8. The Hall–Kier alpha value is -3.30. The summed E-state index contributed by atoms with van der Waals surface area (Å²) in [6.07, 6.45) is 1.19. The summed E-state index contributed by atoms with van der Waals surface area (Å²) in [6.45, 7) is 0.268. The Labute approximate surface area is 196 Å². The average Bonchev–Trinajstić information content (AvgIpc) is 2.83. The van der Waals surface area contributed by atoms with Gasteiger partial charge in [0, 0.05) is 12.6 Å². The van der Waals surface area contributed by atoms with Gasteiger partial charge in [0.2, 0.25) is 6.35 Å². The highest BCUT2D eigenvalue weighted by Crippen LogP contribution is 2.55. The molecule has 0 radical (unpaired) electrons. The molecular formula is C23H24N3O7P. The minimum atomic E-state index is -3.69. The molecule has 1 aromatic heterocycles. The maximum absolute atomic E-state index is 13.1. The zero-order chi connectivity index (χ0) is 24.0. The number of carbonyl (C=O) groups excluding carboxylic acids is 1. The van der Waals surface area contributed by atoms with Crippen LogP contribution in [0.1, 0.15) is 15.9 Å². The second-order valence-corrected chi connectivity index (χ2v) is 9.49. The topological polar surface area (TPSA) is 138 Å². The van der Waals surface area contributed by atoms with E-state index in [0.717, 1.165) is 5.56 Å². The maximum atomic E-state index is 13.1. The highest BCUT2D eigenvalue weighted by Gasteiger charge is 2.40. The van der Waals surface area contributed by atoms with Crippen LogP contribution in [0.15, 0.2) is 71.7 Å². The fourth-order valence-electron chi connectivity index (χ4n) is 3.29. The smallest absolute Gasteiger partial charge is 0.349 e. The number of rotatable bonds is 8. The van der Waals surface area contributed by atoms with Gasteiger partial charge in [-0.05, 0) is 23.8 Å². The monoisotopic (exact) mass is 485 g/mol. The molecule has 10 nitrogen and oxygen atoms in total. The average molecular weight is 485 g/mol. The van der Waals surface area contributed by atoms with Gasteiger partial charge in [0.05, 0.1) is 13.2 Å². The van der Waals surface area contributed by atoms with Crippen LogP contribution in [0.5, 0.6) is 5.75 Å². The van der Waals surface area contributed by atoms with Crippen LogP contribution in [0.2, 0.25) is 0 Å². The Kier molecular flexibility index (Phi) is 7.54. The first-order chi connectivity index (χ1) is 16.4. The van der Waals surface area contributed by atoms with Gasteiger partial charge in [0.15, 0.2) is 5.75 Å². The number of anilines is 1. The van der Waals surface area contributed by atoms with E-state index >= 15 is 0 Å². The number of nitrogens with zero attached hydrogens (tertiary/aromatic N) is 2. The molecule has 2 atom stereocenters. The molecule has 34 heavy (non-hydrogen) atoms. The van der Waals surface area contributed by atoms with Crippen LogP contribution in [0, 0.1) is 0 Å². The fourth-order valence-corrected chi connectivity index (χ4v) is 4.71. The lowest BCUT2D eigenvalue weighted by molar-refractivity contribution is -0.229. The number of carbonyl (C=O) groups is 1. The molecule has 11 heteroatoms. The van der Waals surface area contributed by atoms with Crippen molar-refractivity contribution in [2.24, 2.45) is 0 Å². The summed E-state index contributed by atoms with van der Waals surface area (Å²) in [5.41, 5.74) is 6.15. The van der Waals surface area contributed by atoms with Crippen molar-refractivity contribution < 1.29 is 28.2 Å². The second-order valence-electron chi connectivity index (χ2n) is 7.57. The lowest BCUT2D eigenvalue weighted by atomic mass is 10.2. The van der Waals surface area contributed by atoms with Crippen LogP contribution >= 0.6 is 7.94 Å². The molecule has 1 saturated heterocycles. The van der Waals surface area contributed by atoms with Crippen molar-refractivity contribution in [2.75, 3.05) is 25.3 Å². The number of nitrogens with two attached hydrogens (primary N) is 1. The van der Waals surface area contributed by atoms with Crippen molar-refractivity contribution >= 4 is 19.7 Å². The number of nitrogen functional groups attached to an aromatic ring is 1. The first-order valence-corrected chi connectivity index (χ1v) is 12.3. The van der Waals surface area contributed by atoms with Crippen LogP contribution in [-0.4, -0.2) is 41.2 Å². The number of hydrogen-bond donors (Lipinski definition) is 1. The van der Waals surface area contributed by atoms with Gasteiger partial charge in [-0.3, -0.25) is 4.57 Å². The molecule has 2 unspecified atom stereocenters. The van der Waals surface area contributed by atoms with Crippen molar-refractivity contribution in [1.29, 1.82) is 0 Å². The van der Waals surface area contributed by atoms with Crippen molar-refractivity contribution in [3.8, 4) is 5.75 Å². The SMILES string of the molecule is Nc1ccn(CC2CO[P+]([O-])(Oc3ccccc3C(=O)OCCc3ccccc3)CO2)c(=O)n1. The van der Waals surface area contributed by atoms with E-state index < -0.39 is 25.7 Å². The fraction of sp³-hybridized carbons (Fsp3) is 0.261. The Bertz CT molecular complexity index is 1180. The molecule has 3 aromatic rings. The molecule has 0 amide bonds. The molecule has 0 aliphatic carbocycles. The summed E-state index contributed by atoms with van der Waals surface area (Å²) in [5, 5.41) is 0. The molecule has 2 N–H and O–H groups in total. The lowest BCUT2D eigenvalue weighted by Gasteiger charge is -2.34. The number of ether oxygens (including phenoxy) is 2. The third-order valence-electron chi connectivity index (χ3n) is 5.03. The summed E-state index contributed by atoms with van der Waals surface area (Å²) in [6, 6.07) is 17.5. The van der Waals surface area contributed by atoms with E-state index in [9.17, 15) is 14.5 Å². The summed E-state index contributed by atoms with van der Waals surface area (Å²) < 4.78 is 23.4. The highest BCUT2D eigenvalue weighted by molar-refractivity contribution is 7.59. The zero-order valence-corrected chi connectivity index (χ0v) is 19.1. The summed E-state index contributed by atoms with van der Waals surface area (Å²) in [5.74, 6) is -0.391. The van der Waals surface area contributed by atoms with E-state index in [-0.39, 0.29) is 43.2 Å².